The summed E-state index contributed by atoms with van der Waals surface area (Å²) in [6, 6.07) is 0. The zero-order valence-electron chi connectivity index (χ0n) is 34.7. The molecule has 1 unspecified atom stereocenters. The molecule has 0 spiro atoms. The van der Waals surface area contributed by atoms with Crippen molar-refractivity contribution in [1.29, 1.82) is 0 Å². The van der Waals surface area contributed by atoms with Crippen LogP contribution in [0, 0.1) is 0 Å². The van der Waals surface area contributed by atoms with Crippen molar-refractivity contribution >= 4 is 17.9 Å². The maximum atomic E-state index is 12.6. The van der Waals surface area contributed by atoms with E-state index in [-0.39, 0.29) is 37.5 Å². The average Bonchev–Trinajstić information content (AvgIpc) is 3.17. The SMILES string of the molecule is CC/C=C\C/C=C\C/C=C\CCCC(=O)OC(COC(=O)CCCCC/C=C\C=C/CCCC)COC(=O)CCCCCCCCC/C=C\C/C=C\CC. The van der Waals surface area contributed by atoms with Gasteiger partial charge in [0.25, 0.3) is 0 Å². The molecule has 0 radical (unpaired) electrons. The van der Waals surface area contributed by atoms with Crippen molar-refractivity contribution in [3.8, 4) is 0 Å². The lowest BCUT2D eigenvalue weighted by molar-refractivity contribution is -0.167. The molecule has 0 fully saturated rings. The summed E-state index contributed by atoms with van der Waals surface area (Å²) in [7, 11) is 0. The molecule has 0 aliphatic rings. The number of esters is 3. The number of allylic oxidation sites excluding steroid dienone is 14. The molecule has 0 bridgehead atoms. The van der Waals surface area contributed by atoms with E-state index in [1.807, 2.05) is 0 Å². The van der Waals surface area contributed by atoms with Gasteiger partial charge in [-0.25, -0.2) is 0 Å². The Balaban J connectivity index is 4.49. The Morgan fingerprint density at radius 2 is 0.796 bits per heavy atom. The summed E-state index contributed by atoms with van der Waals surface area (Å²) in [5.41, 5.74) is 0. The van der Waals surface area contributed by atoms with Crippen LogP contribution in [0.2, 0.25) is 0 Å². The summed E-state index contributed by atoms with van der Waals surface area (Å²) in [6.07, 6.45) is 52.9. The number of hydrogen-bond acceptors (Lipinski definition) is 6. The lowest BCUT2D eigenvalue weighted by Gasteiger charge is -2.18. The molecule has 0 rings (SSSR count). The van der Waals surface area contributed by atoms with Gasteiger partial charge in [0.15, 0.2) is 6.10 Å². The molecule has 0 saturated heterocycles. The van der Waals surface area contributed by atoms with Crippen molar-refractivity contribution in [3.05, 3.63) is 85.1 Å². The average molecular weight is 751 g/mol. The van der Waals surface area contributed by atoms with Gasteiger partial charge in [0.1, 0.15) is 13.2 Å². The Labute approximate surface area is 331 Å². The summed E-state index contributed by atoms with van der Waals surface area (Å²) < 4.78 is 16.6. The van der Waals surface area contributed by atoms with E-state index in [1.165, 1.54) is 38.5 Å². The van der Waals surface area contributed by atoms with Crippen LogP contribution in [0.5, 0.6) is 0 Å². The van der Waals surface area contributed by atoms with Gasteiger partial charge < -0.3 is 14.2 Å². The molecular weight excluding hydrogens is 673 g/mol. The Bertz CT molecular complexity index is 1090. The van der Waals surface area contributed by atoms with Gasteiger partial charge in [-0.3, -0.25) is 14.4 Å². The van der Waals surface area contributed by atoms with Gasteiger partial charge in [-0.1, -0.05) is 157 Å². The summed E-state index contributed by atoms with van der Waals surface area (Å²) >= 11 is 0. The highest BCUT2D eigenvalue weighted by Crippen LogP contribution is 2.12. The van der Waals surface area contributed by atoms with E-state index in [4.69, 9.17) is 14.2 Å². The summed E-state index contributed by atoms with van der Waals surface area (Å²) in [5.74, 6) is -1.01. The van der Waals surface area contributed by atoms with Crippen LogP contribution in [0.3, 0.4) is 0 Å². The molecule has 54 heavy (non-hydrogen) atoms. The first-order valence-corrected chi connectivity index (χ1v) is 21.6. The van der Waals surface area contributed by atoms with Crippen LogP contribution >= 0.6 is 0 Å². The highest BCUT2D eigenvalue weighted by Gasteiger charge is 2.19. The monoisotopic (exact) mass is 751 g/mol. The second-order valence-corrected chi connectivity index (χ2v) is 13.9. The number of unbranched alkanes of at least 4 members (excludes halogenated alkanes) is 13. The number of carbonyl (C=O) groups excluding carboxylic acids is 3. The molecule has 0 aromatic heterocycles. The van der Waals surface area contributed by atoms with Gasteiger partial charge >= 0.3 is 17.9 Å². The molecule has 0 aliphatic heterocycles. The molecule has 0 heterocycles. The Morgan fingerprint density at radius 3 is 1.31 bits per heavy atom. The largest absolute Gasteiger partial charge is 0.462 e. The number of ether oxygens (including phenoxy) is 3. The highest BCUT2D eigenvalue weighted by molar-refractivity contribution is 5.71. The quantitative estimate of drug-likeness (QED) is 0.0207. The van der Waals surface area contributed by atoms with Gasteiger partial charge in [-0.05, 0) is 89.9 Å². The molecule has 0 N–H and O–H groups in total. The third-order valence-corrected chi connectivity index (χ3v) is 8.64. The first kappa shape index (κ1) is 50.6. The zero-order chi connectivity index (χ0) is 39.4. The Morgan fingerprint density at radius 1 is 0.407 bits per heavy atom. The van der Waals surface area contributed by atoms with E-state index in [0.29, 0.717) is 19.3 Å². The smallest absolute Gasteiger partial charge is 0.306 e. The van der Waals surface area contributed by atoms with Crippen molar-refractivity contribution in [2.75, 3.05) is 13.2 Å². The van der Waals surface area contributed by atoms with E-state index in [1.54, 1.807) is 0 Å². The predicted molar refractivity (Wildman–Crippen MR) is 228 cm³/mol. The molecule has 0 amide bonds. The molecule has 0 aliphatic carbocycles. The van der Waals surface area contributed by atoms with E-state index in [9.17, 15) is 14.4 Å². The number of carbonyl (C=O) groups is 3. The van der Waals surface area contributed by atoms with Crippen LogP contribution in [0.1, 0.15) is 181 Å². The lowest BCUT2D eigenvalue weighted by Crippen LogP contribution is -2.30. The predicted octanol–water partition coefficient (Wildman–Crippen LogP) is 13.7. The molecule has 0 aromatic carbocycles. The van der Waals surface area contributed by atoms with Crippen LogP contribution in [-0.2, 0) is 28.6 Å². The Hall–Kier alpha value is -3.41. The fourth-order valence-corrected chi connectivity index (χ4v) is 5.42. The van der Waals surface area contributed by atoms with Crippen LogP contribution < -0.4 is 0 Å². The number of rotatable bonds is 37. The number of hydrogen-bond donors (Lipinski definition) is 0. The molecule has 6 nitrogen and oxygen atoms in total. The fourth-order valence-electron chi connectivity index (χ4n) is 5.42. The third kappa shape index (κ3) is 39.8. The molecule has 306 valence electrons. The van der Waals surface area contributed by atoms with Crippen molar-refractivity contribution in [2.45, 2.75) is 187 Å². The first-order chi connectivity index (χ1) is 26.5. The van der Waals surface area contributed by atoms with Gasteiger partial charge in [0, 0.05) is 19.3 Å². The van der Waals surface area contributed by atoms with Crippen LogP contribution in [0.15, 0.2) is 85.1 Å². The van der Waals surface area contributed by atoms with E-state index in [0.717, 1.165) is 96.3 Å². The normalized spacial score (nSPS) is 12.9. The van der Waals surface area contributed by atoms with Gasteiger partial charge in [-0.2, -0.15) is 0 Å². The minimum atomic E-state index is -0.814. The first-order valence-electron chi connectivity index (χ1n) is 21.6. The summed E-state index contributed by atoms with van der Waals surface area (Å²) in [5, 5.41) is 0. The highest BCUT2D eigenvalue weighted by atomic mass is 16.6. The van der Waals surface area contributed by atoms with Gasteiger partial charge in [-0.15, -0.1) is 0 Å². The van der Waals surface area contributed by atoms with Crippen LogP contribution in [0.4, 0.5) is 0 Å². The third-order valence-electron chi connectivity index (χ3n) is 8.64. The summed E-state index contributed by atoms with van der Waals surface area (Å²) in [6.45, 7) is 6.25. The van der Waals surface area contributed by atoms with Gasteiger partial charge in [0.2, 0.25) is 0 Å². The summed E-state index contributed by atoms with van der Waals surface area (Å²) in [4.78, 5) is 37.6. The van der Waals surface area contributed by atoms with Crippen molar-refractivity contribution in [3.63, 3.8) is 0 Å². The lowest BCUT2D eigenvalue weighted by atomic mass is 10.1. The van der Waals surface area contributed by atoms with E-state index in [2.05, 4.69) is 106 Å². The minimum absolute atomic E-state index is 0.111. The topological polar surface area (TPSA) is 78.9 Å². The van der Waals surface area contributed by atoms with E-state index >= 15 is 0 Å². The van der Waals surface area contributed by atoms with Crippen LogP contribution in [-0.4, -0.2) is 37.2 Å². The second-order valence-electron chi connectivity index (χ2n) is 13.9. The molecule has 0 aromatic rings. The maximum absolute atomic E-state index is 12.6. The van der Waals surface area contributed by atoms with Crippen molar-refractivity contribution in [2.24, 2.45) is 0 Å². The van der Waals surface area contributed by atoms with Gasteiger partial charge in [0.05, 0.1) is 0 Å². The fraction of sp³-hybridized carbons (Fsp3) is 0.646. The van der Waals surface area contributed by atoms with Crippen LogP contribution in [0.25, 0.3) is 0 Å². The zero-order valence-corrected chi connectivity index (χ0v) is 34.7. The molecule has 6 heteroatoms. The molecular formula is C48H78O6. The van der Waals surface area contributed by atoms with E-state index < -0.39 is 6.10 Å². The maximum Gasteiger partial charge on any atom is 0.306 e. The van der Waals surface area contributed by atoms with Crippen molar-refractivity contribution < 1.29 is 28.6 Å². The molecule has 1 atom stereocenters. The second kappa shape index (κ2) is 42.3. The minimum Gasteiger partial charge on any atom is -0.462 e. The standard InChI is InChI=1S/C48H78O6/c1-4-7-10-13-16-19-22-23-24-27-29-32-35-38-41-47(50)53-44-45(54-48(51)42-39-36-33-30-26-21-18-15-12-9-6-3)43-52-46(49)40-37-34-31-28-25-20-17-14-11-8-5-2/h7,9-10,12,14,16-21,25,30,33,45H,4-6,8,11,13,15,22-24,26-29,31-32,34-44H2,1-3H3/b10-7-,12-9-,17-14-,19-16-,21-18-,25-20-,33-30-. The Kier molecular flexibility index (Phi) is 39.7. The van der Waals surface area contributed by atoms with Crippen molar-refractivity contribution in [1.82, 2.24) is 0 Å². The molecule has 0 saturated carbocycles.